The third kappa shape index (κ3) is 4.60. The van der Waals surface area contributed by atoms with Crippen LogP contribution in [0.15, 0.2) is 42.5 Å². The maximum Gasteiger partial charge on any atom is 0.0456 e. The van der Waals surface area contributed by atoms with E-state index in [0.717, 1.165) is 11.4 Å². The number of pyridine rings is 1. The van der Waals surface area contributed by atoms with Crippen molar-refractivity contribution >= 4 is 0 Å². The Kier molecular flexibility index (Phi) is 6.37. The highest BCUT2D eigenvalue weighted by Crippen LogP contribution is 2.29. The Balaban J connectivity index is 0.000000209. The van der Waals surface area contributed by atoms with Crippen molar-refractivity contribution in [2.75, 3.05) is 0 Å². The van der Waals surface area contributed by atoms with E-state index >= 15 is 0 Å². The normalized spacial score (nSPS) is 10.3. The van der Waals surface area contributed by atoms with Gasteiger partial charge < -0.3 is 0 Å². The monoisotopic (exact) mass is 345 g/mol. The maximum atomic E-state index is 4.55. The van der Waals surface area contributed by atoms with Crippen LogP contribution in [0.1, 0.15) is 44.8 Å². The summed E-state index contributed by atoms with van der Waals surface area (Å²) in [6, 6.07) is 15.1. The molecule has 3 rings (SSSR count). The smallest absolute Gasteiger partial charge is 0.0456 e. The molecule has 1 heteroatoms. The molecule has 0 radical (unpaired) electrons. The third-order valence-electron chi connectivity index (χ3n) is 5.01. The van der Waals surface area contributed by atoms with E-state index in [2.05, 4.69) is 95.9 Å². The quantitative estimate of drug-likeness (QED) is 0.467. The molecule has 0 fully saturated rings. The van der Waals surface area contributed by atoms with E-state index in [1.54, 1.807) is 0 Å². The van der Waals surface area contributed by atoms with Gasteiger partial charge in [0.2, 0.25) is 0 Å². The number of rotatable bonds is 1. The molecule has 1 aromatic heterocycles. The SMILES string of the molecule is Cc1cc(C)c(-c2ccccc2C)c(C)n1.Cc1cc(C)c(C)c(C)c1. The second-order valence-electron chi connectivity index (χ2n) is 7.38. The fourth-order valence-electron chi connectivity index (χ4n) is 3.54. The minimum Gasteiger partial charge on any atom is -0.258 e. The molecule has 1 nitrogen and oxygen atoms in total. The zero-order valence-electron chi connectivity index (χ0n) is 17.5. The van der Waals surface area contributed by atoms with Gasteiger partial charge in [0.1, 0.15) is 0 Å². The van der Waals surface area contributed by atoms with Crippen LogP contribution in [0.5, 0.6) is 0 Å². The van der Waals surface area contributed by atoms with Crippen molar-refractivity contribution in [2.24, 2.45) is 0 Å². The van der Waals surface area contributed by atoms with Crippen molar-refractivity contribution in [1.29, 1.82) is 0 Å². The van der Waals surface area contributed by atoms with Gasteiger partial charge in [-0.15, -0.1) is 0 Å². The second kappa shape index (κ2) is 8.31. The molecule has 0 saturated heterocycles. The standard InChI is InChI=1S/C15H17N.C10H14/c1-10-7-5-6-8-14(10)15-11(2)9-12(3)16-13(15)4;1-7-5-8(2)10(4)9(3)6-7/h5-9H,1-4H3;5-6H,1-4H3. The molecule has 0 aliphatic carbocycles. The number of aryl methyl sites for hydroxylation is 7. The lowest BCUT2D eigenvalue weighted by Crippen LogP contribution is -1.95. The van der Waals surface area contributed by atoms with Gasteiger partial charge in [0.05, 0.1) is 0 Å². The van der Waals surface area contributed by atoms with Gasteiger partial charge in [0, 0.05) is 17.0 Å². The molecular weight excluding hydrogens is 314 g/mol. The van der Waals surface area contributed by atoms with Gasteiger partial charge in [0.15, 0.2) is 0 Å². The van der Waals surface area contributed by atoms with E-state index in [4.69, 9.17) is 0 Å². The summed E-state index contributed by atoms with van der Waals surface area (Å²) in [6.45, 7) is 17.1. The van der Waals surface area contributed by atoms with Crippen molar-refractivity contribution in [3.63, 3.8) is 0 Å². The van der Waals surface area contributed by atoms with Crippen LogP contribution in [0.3, 0.4) is 0 Å². The molecule has 0 unspecified atom stereocenters. The summed E-state index contributed by atoms with van der Waals surface area (Å²) in [7, 11) is 0. The summed E-state index contributed by atoms with van der Waals surface area (Å²) in [4.78, 5) is 4.55. The van der Waals surface area contributed by atoms with E-state index in [1.165, 1.54) is 44.5 Å². The predicted molar refractivity (Wildman–Crippen MR) is 114 cm³/mol. The molecule has 3 aromatic rings. The fourth-order valence-corrected chi connectivity index (χ4v) is 3.54. The maximum absolute atomic E-state index is 4.55. The average Bonchev–Trinajstić information content (AvgIpc) is 2.54. The van der Waals surface area contributed by atoms with Crippen LogP contribution in [-0.4, -0.2) is 4.98 Å². The molecule has 0 aliphatic heterocycles. The Bertz CT molecular complexity index is 873. The van der Waals surface area contributed by atoms with Crippen molar-refractivity contribution in [2.45, 2.75) is 55.4 Å². The minimum atomic E-state index is 1.09. The van der Waals surface area contributed by atoms with Gasteiger partial charge in [-0.05, 0) is 94.8 Å². The van der Waals surface area contributed by atoms with Gasteiger partial charge in [-0.2, -0.15) is 0 Å². The van der Waals surface area contributed by atoms with Gasteiger partial charge in [-0.3, -0.25) is 4.98 Å². The molecule has 2 aromatic carbocycles. The molecular formula is C25H31N. The van der Waals surface area contributed by atoms with Crippen LogP contribution in [0.2, 0.25) is 0 Å². The summed E-state index contributed by atoms with van der Waals surface area (Å²) in [5.41, 5.74) is 13.0. The average molecular weight is 346 g/mol. The molecule has 0 spiro atoms. The van der Waals surface area contributed by atoms with Crippen LogP contribution in [-0.2, 0) is 0 Å². The third-order valence-corrected chi connectivity index (χ3v) is 5.01. The van der Waals surface area contributed by atoms with Crippen molar-refractivity contribution in [3.8, 4) is 11.1 Å². The largest absolute Gasteiger partial charge is 0.258 e. The number of hydrogen-bond donors (Lipinski definition) is 0. The molecule has 0 atom stereocenters. The Labute approximate surface area is 159 Å². The summed E-state index contributed by atoms with van der Waals surface area (Å²) in [5, 5.41) is 0. The van der Waals surface area contributed by atoms with Crippen LogP contribution in [0.25, 0.3) is 11.1 Å². The van der Waals surface area contributed by atoms with Gasteiger partial charge in [0.25, 0.3) is 0 Å². The van der Waals surface area contributed by atoms with Crippen LogP contribution >= 0.6 is 0 Å². The van der Waals surface area contributed by atoms with E-state index < -0.39 is 0 Å². The molecule has 1 heterocycles. The predicted octanol–water partition coefficient (Wildman–Crippen LogP) is 6.90. The Hall–Kier alpha value is -2.41. The van der Waals surface area contributed by atoms with Crippen molar-refractivity contribution in [1.82, 2.24) is 4.98 Å². The first-order chi connectivity index (χ1) is 12.2. The number of hydrogen-bond acceptors (Lipinski definition) is 1. The molecule has 0 bridgehead atoms. The molecule has 26 heavy (non-hydrogen) atoms. The highest BCUT2D eigenvalue weighted by Gasteiger charge is 2.09. The first-order valence-electron chi connectivity index (χ1n) is 9.26. The van der Waals surface area contributed by atoms with Gasteiger partial charge >= 0.3 is 0 Å². The molecule has 0 N–H and O–H groups in total. The molecule has 0 aliphatic rings. The lowest BCUT2D eigenvalue weighted by atomic mass is 9.95. The van der Waals surface area contributed by atoms with Crippen LogP contribution in [0.4, 0.5) is 0 Å². The highest BCUT2D eigenvalue weighted by molar-refractivity contribution is 5.72. The number of benzene rings is 2. The summed E-state index contributed by atoms with van der Waals surface area (Å²) in [6.07, 6.45) is 0. The van der Waals surface area contributed by atoms with E-state index in [0.29, 0.717) is 0 Å². The zero-order chi connectivity index (χ0) is 19.4. The Morgan fingerprint density at radius 1 is 0.615 bits per heavy atom. The van der Waals surface area contributed by atoms with Crippen molar-refractivity contribution < 1.29 is 0 Å². The van der Waals surface area contributed by atoms with E-state index in [1.807, 2.05) is 6.92 Å². The number of nitrogens with zero attached hydrogens (tertiary/aromatic N) is 1. The molecule has 136 valence electrons. The number of aromatic nitrogens is 1. The summed E-state index contributed by atoms with van der Waals surface area (Å²) < 4.78 is 0. The van der Waals surface area contributed by atoms with Gasteiger partial charge in [-0.25, -0.2) is 0 Å². The Morgan fingerprint density at radius 3 is 1.73 bits per heavy atom. The summed E-state index contributed by atoms with van der Waals surface area (Å²) in [5.74, 6) is 0. The summed E-state index contributed by atoms with van der Waals surface area (Å²) >= 11 is 0. The first kappa shape index (κ1) is 19.9. The minimum absolute atomic E-state index is 1.09. The van der Waals surface area contributed by atoms with Crippen molar-refractivity contribution in [3.05, 3.63) is 87.2 Å². The molecule has 0 saturated carbocycles. The first-order valence-corrected chi connectivity index (χ1v) is 9.26. The van der Waals surface area contributed by atoms with E-state index in [-0.39, 0.29) is 0 Å². The Morgan fingerprint density at radius 2 is 1.19 bits per heavy atom. The lowest BCUT2D eigenvalue weighted by molar-refractivity contribution is 1.11. The zero-order valence-corrected chi connectivity index (χ0v) is 17.5. The topological polar surface area (TPSA) is 12.9 Å². The van der Waals surface area contributed by atoms with E-state index in [9.17, 15) is 0 Å². The second-order valence-corrected chi connectivity index (χ2v) is 7.38. The van der Waals surface area contributed by atoms with Gasteiger partial charge in [-0.1, -0.05) is 42.0 Å². The molecule has 0 amide bonds. The van der Waals surface area contributed by atoms with Crippen LogP contribution in [0, 0.1) is 55.4 Å². The highest BCUT2D eigenvalue weighted by atomic mass is 14.7. The van der Waals surface area contributed by atoms with Crippen LogP contribution < -0.4 is 0 Å². The fraction of sp³-hybridized carbons (Fsp3) is 0.320. The lowest BCUT2D eigenvalue weighted by Gasteiger charge is -2.12.